The highest BCUT2D eigenvalue weighted by Gasteiger charge is 2.47. The van der Waals surface area contributed by atoms with E-state index in [4.69, 9.17) is 14.6 Å². The van der Waals surface area contributed by atoms with Crippen LogP contribution in [0.4, 0.5) is 5.69 Å². The van der Waals surface area contributed by atoms with Gasteiger partial charge in [0, 0.05) is 44.2 Å². The molecule has 2 unspecified atom stereocenters. The van der Waals surface area contributed by atoms with E-state index >= 15 is 0 Å². The number of anilines is 1. The van der Waals surface area contributed by atoms with E-state index in [-0.39, 0.29) is 65.0 Å². The minimum absolute atomic E-state index is 0.0290. The number of carbonyl (C=O) groups is 2. The number of aromatic nitrogens is 7. The molecule has 2 amide bonds. The molecule has 5 heterocycles. The number of hydrogen-bond acceptors (Lipinski definition) is 12. The lowest BCUT2D eigenvalue weighted by Gasteiger charge is -2.54. The van der Waals surface area contributed by atoms with Gasteiger partial charge in [-0.15, -0.1) is 15.0 Å². The van der Waals surface area contributed by atoms with Gasteiger partial charge in [0.05, 0.1) is 36.7 Å². The van der Waals surface area contributed by atoms with Crippen molar-refractivity contribution in [2.24, 2.45) is 0 Å². The molecular formula is C34H42N10O6. The molecule has 7 rings (SSSR count). The maximum atomic E-state index is 14.6. The maximum Gasteiger partial charge on any atom is 0.276 e. The van der Waals surface area contributed by atoms with Crippen LogP contribution in [0.2, 0.25) is 0 Å². The van der Waals surface area contributed by atoms with Gasteiger partial charge >= 0.3 is 0 Å². The fourth-order valence-corrected chi connectivity index (χ4v) is 7.67. The Kier molecular flexibility index (Phi) is 9.11. The standard InChI is InChI=1S/C34H42N10O6/c1-5-22-30(41-14-15-42(24-11-10-23(24)41)34(48)29-31(46)19(2)36-18-37-29)32(47)28-33(40-44(39-28)20-12-13-35-27(16-20)50-4)43(22)17-26(45)38-21-8-6-7-9-25(21)49-3/h12-13,16,18,21,23-25,46H,5-11,14-15,17H2,1-4H3,(H,38,45)/t21?,23-,24-,25?/m0/s1. The van der Waals surface area contributed by atoms with Gasteiger partial charge in [-0.1, -0.05) is 19.8 Å². The molecule has 2 N–H and O–H groups in total. The van der Waals surface area contributed by atoms with Crippen LogP contribution in [0.3, 0.4) is 0 Å². The smallest absolute Gasteiger partial charge is 0.276 e. The van der Waals surface area contributed by atoms with E-state index in [1.807, 2.05) is 6.92 Å². The Hall–Kier alpha value is -5.12. The van der Waals surface area contributed by atoms with E-state index in [0.717, 1.165) is 38.5 Å². The SMILES string of the molecule is CCc1c(N2CCN(C(=O)c3ncnc(C)c3O)[C@H]3CC[C@@H]32)c(=O)c2nn(-c3ccnc(OC)c3)nc2n1CC(=O)NC1CCCCC1OC. The number of aryl methyl sites for hydroxylation is 1. The second kappa shape index (κ2) is 13.7. The van der Waals surface area contributed by atoms with Gasteiger partial charge in [-0.2, -0.15) is 0 Å². The van der Waals surface area contributed by atoms with Crippen molar-refractivity contribution in [3.05, 3.63) is 52.0 Å². The second-order valence-corrected chi connectivity index (χ2v) is 13.1. The molecule has 264 valence electrons. The maximum absolute atomic E-state index is 14.6. The third kappa shape index (κ3) is 5.80. The number of rotatable bonds is 9. The predicted octanol–water partition coefficient (Wildman–Crippen LogP) is 1.92. The first kappa shape index (κ1) is 33.4. The molecule has 3 fully saturated rings. The summed E-state index contributed by atoms with van der Waals surface area (Å²) in [5.74, 6) is -0.435. The van der Waals surface area contributed by atoms with Gasteiger partial charge in [-0.3, -0.25) is 14.4 Å². The normalized spacial score (nSPS) is 21.8. The van der Waals surface area contributed by atoms with Crippen LogP contribution >= 0.6 is 0 Å². The fraction of sp³-hybridized carbons (Fsp3) is 0.529. The summed E-state index contributed by atoms with van der Waals surface area (Å²) >= 11 is 0. The number of ether oxygens (including phenoxy) is 2. The van der Waals surface area contributed by atoms with E-state index in [1.165, 1.54) is 18.2 Å². The first-order valence-electron chi connectivity index (χ1n) is 17.2. The first-order chi connectivity index (χ1) is 24.2. The first-order valence-corrected chi connectivity index (χ1v) is 17.2. The summed E-state index contributed by atoms with van der Waals surface area (Å²) < 4.78 is 12.8. The van der Waals surface area contributed by atoms with E-state index in [1.54, 1.807) is 41.8 Å². The summed E-state index contributed by atoms with van der Waals surface area (Å²) in [5, 5.41) is 23.2. The average molecular weight is 687 g/mol. The van der Waals surface area contributed by atoms with Crippen LogP contribution in [0.1, 0.15) is 67.3 Å². The zero-order valence-corrected chi connectivity index (χ0v) is 28.7. The molecule has 50 heavy (non-hydrogen) atoms. The van der Waals surface area contributed by atoms with Crippen molar-refractivity contribution in [3.8, 4) is 17.3 Å². The van der Waals surface area contributed by atoms with Crippen LogP contribution in [-0.2, 0) is 22.5 Å². The highest BCUT2D eigenvalue weighted by Crippen LogP contribution is 2.38. The van der Waals surface area contributed by atoms with Crippen LogP contribution < -0.4 is 20.4 Å². The van der Waals surface area contributed by atoms with Gasteiger partial charge in [0.15, 0.2) is 22.6 Å². The van der Waals surface area contributed by atoms with Gasteiger partial charge in [0.2, 0.25) is 17.2 Å². The minimum atomic E-state index is -0.365. The van der Waals surface area contributed by atoms with Crippen LogP contribution in [0, 0.1) is 6.92 Å². The molecule has 16 nitrogen and oxygen atoms in total. The molecule has 16 heteroatoms. The molecule has 1 aliphatic heterocycles. The number of fused-ring (bicyclic) bond motifs is 2. The highest BCUT2D eigenvalue weighted by molar-refractivity contribution is 5.95. The number of hydrogen-bond donors (Lipinski definition) is 2. The monoisotopic (exact) mass is 686 g/mol. The average Bonchev–Trinajstić information content (AvgIpc) is 3.57. The summed E-state index contributed by atoms with van der Waals surface area (Å²) in [4.78, 5) is 59.4. The number of nitrogens with zero attached hydrogens (tertiary/aromatic N) is 9. The number of pyridine rings is 2. The molecule has 0 bridgehead atoms. The van der Waals surface area contributed by atoms with Gasteiger partial charge in [0.1, 0.15) is 18.6 Å². The number of amides is 2. The Labute approximate surface area is 288 Å². The number of methoxy groups -OCH3 is 2. The van der Waals surface area contributed by atoms with Crippen LogP contribution in [0.25, 0.3) is 16.9 Å². The lowest BCUT2D eigenvalue weighted by Crippen LogP contribution is -2.67. The molecule has 4 atom stereocenters. The third-order valence-electron chi connectivity index (χ3n) is 10.4. The number of aromatic hydroxyl groups is 1. The van der Waals surface area contributed by atoms with E-state index in [9.17, 15) is 19.5 Å². The van der Waals surface area contributed by atoms with Crippen molar-refractivity contribution in [2.45, 2.75) is 89.6 Å². The summed E-state index contributed by atoms with van der Waals surface area (Å²) in [6.07, 6.45) is 8.49. The molecule has 2 aliphatic carbocycles. The summed E-state index contributed by atoms with van der Waals surface area (Å²) in [6, 6.07) is 2.92. The van der Waals surface area contributed by atoms with Crippen LogP contribution in [-0.4, -0.2) is 108 Å². The fourth-order valence-electron chi connectivity index (χ4n) is 7.67. The Morgan fingerprint density at radius 2 is 1.84 bits per heavy atom. The second-order valence-electron chi connectivity index (χ2n) is 13.1. The van der Waals surface area contributed by atoms with E-state index in [2.05, 4.69) is 30.3 Å². The summed E-state index contributed by atoms with van der Waals surface area (Å²) in [5.41, 5.74) is 2.10. The van der Waals surface area contributed by atoms with Gasteiger partial charge in [-0.25, -0.2) is 15.0 Å². The molecule has 0 aromatic carbocycles. The molecule has 3 aliphatic rings. The van der Waals surface area contributed by atoms with Gasteiger partial charge < -0.3 is 34.3 Å². The number of nitrogens with one attached hydrogen (secondary N) is 1. The van der Waals surface area contributed by atoms with Gasteiger partial charge in [-0.05, 0) is 45.1 Å². The Morgan fingerprint density at radius 1 is 1.04 bits per heavy atom. The van der Waals surface area contributed by atoms with E-state index in [0.29, 0.717) is 53.8 Å². The topological polar surface area (TPSA) is 183 Å². The predicted molar refractivity (Wildman–Crippen MR) is 182 cm³/mol. The third-order valence-corrected chi connectivity index (χ3v) is 10.4. The quantitative estimate of drug-likeness (QED) is 0.261. The Morgan fingerprint density at radius 3 is 2.58 bits per heavy atom. The summed E-state index contributed by atoms with van der Waals surface area (Å²) in [6.45, 7) is 4.18. The molecule has 0 radical (unpaired) electrons. The number of piperazine rings is 1. The van der Waals surface area contributed by atoms with Crippen LogP contribution in [0.15, 0.2) is 29.5 Å². The lowest BCUT2D eigenvalue weighted by molar-refractivity contribution is -0.123. The minimum Gasteiger partial charge on any atom is -0.504 e. The molecular weight excluding hydrogens is 644 g/mol. The zero-order valence-electron chi connectivity index (χ0n) is 28.7. The van der Waals surface area contributed by atoms with Gasteiger partial charge in [0.25, 0.3) is 5.91 Å². The van der Waals surface area contributed by atoms with Crippen molar-refractivity contribution >= 4 is 28.7 Å². The van der Waals surface area contributed by atoms with Crippen LogP contribution in [0.5, 0.6) is 11.6 Å². The van der Waals surface area contributed by atoms with Crippen molar-refractivity contribution in [2.75, 3.05) is 32.2 Å². The molecule has 1 saturated heterocycles. The molecule has 0 spiro atoms. The Balaban J connectivity index is 1.28. The molecule has 4 aromatic heterocycles. The zero-order chi connectivity index (χ0) is 35.1. The molecule has 4 aromatic rings. The van der Waals surface area contributed by atoms with Crippen molar-refractivity contribution in [3.63, 3.8) is 0 Å². The number of carbonyl (C=O) groups excluding carboxylic acids is 2. The van der Waals surface area contributed by atoms with E-state index < -0.39 is 0 Å². The molecule has 2 saturated carbocycles. The largest absolute Gasteiger partial charge is 0.504 e. The van der Waals surface area contributed by atoms with Crippen molar-refractivity contribution in [1.29, 1.82) is 0 Å². The summed E-state index contributed by atoms with van der Waals surface area (Å²) in [7, 11) is 3.19. The van der Waals surface area contributed by atoms with Crippen molar-refractivity contribution in [1.82, 2.24) is 44.7 Å². The highest BCUT2D eigenvalue weighted by atomic mass is 16.5. The lowest BCUT2D eigenvalue weighted by atomic mass is 9.81. The van der Waals surface area contributed by atoms with Crippen molar-refractivity contribution < 1.29 is 24.2 Å². The Bertz CT molecular complexity index is 1990.